The maximum absolute atomic E-state index is 5.34. The second-order valence-corrected chi connectivity index (χ2v) is 3.52. The monoisotopic (exact) mass is 194 g/mol. The summed E-state index contributed by atoms with van der Waals surface area (Å²) in [5.74, 6) is 6.29. The van der Waals surface area contributed by atoms with E-state index in [1.165, 1.54) is 16.7 Å². The van der Waals surface area contributed by atoms with Crippen LogP contribution in [0.15, 0.2) is 6.07 Å². The van der Waals surface area contributed by atoms with Gasteiger partial charge in [-0.05, 0) is 43.0 Å². The highest BCUT2D eigenvalue weighted by atomic mass is 16.5. The first kappa shape index (κ1) is 11.0. The quantitative estimate of drug-likeness (QED) is 0.567. The Hall–Kier alpha value is -1.06. The van der Waals surface area contributed by atoms with Crippen LogP contribution in [-0.2, 0) is 6.54 Å². The van der Waals surface area contributed by atoms with Gasteiger partial charge in [0.15, 0.2) is 0 Å². The molecule has 0 saturated heterocycles. The first-order chi connectivity index (χ1) is 6.61. The molecule has 0 bridgehead atoms. The number of hydrazine groups is 1. The van der Waals surface area contributed by atoms with E-state index < -0.39 is 0 Å². The second kappa shape index (κ2) is 4.44. The molecule has 0 aliphatic rings. The minimum atomic E-state index is 0.692. The summed E-state index contributed by atoms with van der Waals surface area (Å²) < 4.78 is 5.34. The predicted octanol–water partition coefficient (Wildman–Crippen LogP) is 1.58. The van der Waals surface area contributed by atoms with Gasteiger partial charge in [-0.2, -0.15) is 0 Å². The number of ether oxygens (including phenoxy) is 1. The van der Waals surface area contributed by atoms with E-state index in [0.29, 0.717) is 6.54 Å². The van der Waals surface area contributed by atoms with Crippen LogP contribution in [-0.4, -0.2) is 7.11 Å². The molecule has 0 spiro atoms. The highest BCUT2D eigenvalue weighted by Gasteiger charge is 2.09. The molecule has 0 heterocycles. The molecule has 1 aromatic carbocycles. The lowest BCUT2D eigenvalue weighted by molar-refractivity contribution is 0.408. The fourth-order valence-corrected chi connectivity index (χ4v) is 1.75. The Morgan fingerprint density at radius 3 is 2.43 bits per heavy atom. The zero-order valence-corrected chi connectivity index (χ0v) is 9.27. The van der Waals surface area contributed by atoms with Gasteiger partial charge in [0.2, 0.25) is 0 Å². The number of nitrogens with one attached hydrogen (secondary N) is 1. The molecule has 0 unspecified atom stereocenters. The van der Waals surface area contributed by atoms with E-state index in [0.717, 1.165) is 11.3 Å². The number of nitrogens with two attached hydrogens (primary N) is 1. The third-order valence-electron chi connectivity index (χ3n) is 2.63. The van der Waals surface area contributed by atoms with Crippen molar-refractivity contribution in [3.63, 3.8) is 0 Å². The Bertz CT molecular complexity index is 335. The average molecular weight is 194 g/mol. The van der Waals surface area contributed by atoms with Gasteiger partial charge in [0.05, 0.1) is 7.11 Å². The summed E-state index contributed by atoms with van der Waals surface area (Å²) in [6.07, 6.45) is 0. The van der Waals surface area contributed by atoms with E-state index in [1.807, 2.05) is 6.92 Å². The van der Waals surface area contributed by atoms with Crippen molar-refractivity contribution in [2.75, 3.05) is 7.11 Å². The molecule has 1 aromatic rings. The number of methoxy groups -OCH3 is 1. The van der Waals surface area contributed by atoms with E-state index in [1.54, 1.807) is 7.11 Å². The molecule has 0 amide bonds. The summed E-state index contributed by atoms with van der Waals surface area (Å²) in [5, 5.41) is 0. The summed E-state index contributed by atoms with van der Waals surface area (Å²) in [6, 6.07) is 2.11. The van der Waals surface area contributed by atoms with Crippen LogP contribution in [0.2, 0.25) is 0 Å². The van der Waals surface area contributed by atoms with E-state index in [9.17, 15) is 0 Å². The number of hydrogen-bond acceptors (Lipinski definition) is 3. The molecule has 0 aliphatic heterocycles. The summed E-state index contributed by atoms with van der Waals surface area (Å²) in [4.78, 5) is 0. The Kier molecular flexibility index (Phi) is 3.49. The molecule has 0 aliphatic carbocycles. The van der Waals surface area contributed by atoms with E-state index in [2.05, 4.69) is 25.3 Å². The van der Waals surface area contributed by atoms with E-state index in [4.69, 9.17) is 10.6 Å². The lowest BCUT2D eigenvalue weighted by atomic mass is 9.99. The molecule has 0 fully saturated rings. The van der Waals surface area contributed by atoms with Crippen molar-refractivity contribution in [2.24, 2.45) is 5.84 Å². The van der Waals surface area contributed by atoms with Crippen LogP contribution < -0.4 is 16.0 Å². The fourth-order valence-electron chi connectivity index (χ4n) is 1.75. The number of hydrogen-bond donors (Lipinski definition) is 2. The summed E-state index contributed by atoms with van der Waals surface area (Å²) in [7, 11) is 1.70. The van der Waals surface area contributed by atoms with Gasteiger partial charge in [-0.1, -0.05) is 6.07 Å². The number of rotatable bonds is 3. The SMILES string of the molecule is COc1c(C)cc(CNN)c(C)c1C. The van der Waals surface area contributed by atoms with Crippen molar-refractivity contribution >= 4 is 0 Å². The Morgan fingerprint density at radius 1 is 1.29 bits per heavy atom. The van der Waals surface area contributed by atoms with Crippen molar-refractivity contribution < 1.29 is 4.74 Å². The van der Waals surface area contributed by atoms with Crippen molar-refractivity contribution in [3.05, 3.63) is 28.3 Å². The van der Waals surface area contributed by atoms with Crippen LogP contribution >= 0.6 is 0 Å². The zero-order chi connectivity index (χ0) is 10.7. The van der Waals surface area contributed by atoms with Gasteiger partial charge in [-0.3, -0.25) is 11.3 Å². The normalized spacial score (nSPS) is 10.4. The smallest absolute Gasteiger partial charge is 0.124 e. The second-order valence-electron chi connectivity index (χ2n) is 3.52. The van der Waals surface area contributed by atoms with Gasteiger partial charge in [-0.15, -0.1) is 0 Å². The molecule has 0 aromatic heterocycles. The Morgan fingerprint density at radius 2 is 1.93 bits per heavy atom. The van der Waals surface area contributed by atoms with Crippen LogP contribution in [0.25, 0.3) is 0 Å². The standard InChI is InChI=1S/C11H18N2O/c1-7-5-10(6-13-12)8(2)9(3)11(7)14-4/h5,13H,6,12H2,1-4H3. The maximum atomic E-state index is 5.34. The van der Waals surface area contributed by atoms with Gasteiger partial charge < -0.3 is 4.74 Å². The van der Waals surface area contributed by atoms with Crippen molar-refractivity contribution in [3.8, 4) is 5.75 Å². The maximum Gasteiger partial charge on any atom is 0.124 e. The van der Waals surface area contributed by atoms with Gasteiger partial charge in [0.25, 0.3) is 0 Å². The molecule has 3 N–H and O–H groups in total. The zero-order valence-electron chi connectivity index (χ0n) is 9.27. The first-order valence-electron chi connectivity index (χ1n) is 4.69. The highest BCUT2D eigenvalue weighted by Crippen LogP contribution is 2.28. The van der Waals surface area contributed by atoms with E-state index >= 15 is 0 Å². The average Bonchev–Trinajstić information content (AvgIpc) is 2.15. The van der Waals surface area contributed by atoms with Crippen LogP contribution in [0.5, 0.6) is 5.75 Å². The van der Waals surface area contributed by atoms with Gasteiger partial charge in [0, 0.05) is 6.54 Å². The minimum Gasteiger partial charge on any atom is -0.496 e. The highest BCUT2D eigenvalue weighted by molar-refractivity contribution is 5.48. The largest absolute Gasteiger partial charge is 0.496 e. The third kappa shape index (κ3) is 1.89. The summed E-state index contributed by atoms with van der Waals surface area (Å²) in [5.41, 5.74) is 7.49. The molecule has 0 atom stereocenters. The van der Waals surface area contributed by atoms with Crippen LogP contribution in [0.4, 0.5) is 0 Å². The van der Waals surface area contributed by atoms with Crippen LogP contribution in [0.1, 0.15) is 22.3 Å². The molecular weight excluding hydrogens is 176 g/mol. The van der Waals surface area contributed by atoms with Crippen LogP contribution in [0, 0.1) is 20.8 Å². The van der Waals surface area contributed by atoms with Gasteiger partial charge in [-0.25, -0.2) is 0 Å². The molecular formula is C11H18N2O. The predicted molar refractivity (Wildman–Crippen MR) is 58.2 cm³/mol. The van der Waals surface area contributed by atoms with Crippen molar-refractivity contribution in [1.82, 2.24) is 5.43 Å². The van der Waals surface area contributed by atoms with Crippen LogP contribution in [0.3, 0.4) is 0 Å². The Labute approximate surface area is 85.2 Å². The fraction of sp³-hybridized carbons (Fsp3) is 0.455. The number of aryl methyl sites for hydroxylation is 1. The molecule has 0 saturated carbocycles. The molecule has 0 radical (unpaired) electrons. The first-order valence-corrected chi connectivity index (χ1v) is 4.69. The molecule has 14 heavy (non-hydrogen) atoms. The molecule has 78 valence electrons. The van der Waals surface area contributed by atoms with Gasteiger partial charge >= 0.3 is 0 Å². The van der Waals surface area contributed by atoms with Gasteiger partial charge in [0.1, 0.15) is 5.75 Å². The third-order valence-corrected chi connectivity index (χ3v) is 2.63. The van der Waals surface area contributed by atoms with E-state index in [-0.39, 0.29) is 0 Å². The lowest BCUT2D eigenvalue weighted by Gasteiger charge is -2.15. The summed E-state index contributed by atoms with van der Waals surface area (Å²) >= 11 is 0. The molecule has 3 nitrogen and oxygen atoms in total. The number of benzene rings is 1. The topological polar surface area (TPSA) is 47.3 Å². The van der Waals surface area contributed by atoms with Crippen molar-refractivity contribution in [2.45, 2.75) is 27.3 Å². The minimum absolute atomic E-state index is 0.692. The molecule has 3 heteroatoms. The summed E-state index contributed by atoms with van der Waals surface area (Å²) in [6.45, 7) is 6.90. The van der Waals surface area contributed by atoms with Crippen molar-refractivity contribution in [1.29, 1.82) is 0 Å². The lowest BCUT2D eigenvalue weighted by Crippen LogP contribution is -2.21. The molecule has 1 rings (SSSR count). The Balaban J connectivity index is 3.25.